The smallest absolute Gasteiger partial charge is 0.341 e. The van der Waals surface area contributed by atoms with Crippen molar-refractivity contribution in [3.05, 3.63) is 69.6 Å². The largest absolute Gasteiger partial charge is 0.490 e. The van der Waals surface area contributed by atoms with Crippen molar-refractivity contribution < 1.29 is 23.8 Å². The molecule has 0 bridgehead atoms. The molecule has 3 aromatic rings. The first kappa shape index (κ1) is 26.3. The lowest BCUT2D eigenvalue weighted by atomic mass is 10.0. The van der Waals surface area contributed by atoms with Gasteiger partial charge in [-0.05, 0) is 69.2 Å². The van der Waals surface area contributed by atoms with Crippen LogP contribution in [0.4, 0.5) is 5.00 Å². The molecule has 0 atom stereocenters. The molecule has 184 valence electrons. The van der Waals surface area contributed by atoms with Crippen LogP contribution in [-0.4, -0.2) is 31.7 Å². The number of anilines is 1. The second-order valence-corrected chi connectivity index (χ2v) is 9.02. The van der Waals surface area contributed by atoms with E-state index in [4.69, 9.17) is 25.8 Å². The summed E-state index contributed by atoms with van der Waals surface area (Å²) in [5.74, 6) is 0.405. The minimum absolute atomic E-state index is 0.223. The van der Waals surface area contributed by atoms with E-state index >= 15 is 0 Å². The highest BCUT2D eigenvalue weighted by atomic mass is 35.5. The highest BCUT2D eigenvalue weighted by Gasteiger charge is 2.25. The van der Waals surface area contributed by atoms with Crippen molar-refractivity contribution in [2.75, 3.05) is 25.1 Å². The molecular formula is C27H28ClNO5S. The predicted molar refractivity (Wildman–Crippen MR) is 142 cm³/mol. The van der Waals surface area contributed by atoms with E-state index in [0.717, 1.165) is 21.6 Å². The van der Waals surface area contributed by atoms with Crippen LogP contribution in [-0.2, 0) is 9.53 Å². The van der Waals surface area contributed by atoms with Crippen molar-refractivity contribution in [3.63, 3.8) is 0 Å². The highest BCUT2D eigenvalue weighted by Crippen LogP contribution is 2.40. The molecule has 1 aromatic heterocycles. The molecule has 0 aliphatic heterocycles. The van der Waals surface area contributed by atoms with Crippen LogP contribution in [0.1, 0.15) is 41.6 Å². The summed E-state index contributed by atoms with van der Waals surface area (Å²) >= 11 is 7.36. The van der Waals surface area contributed by atoms with Gasteiger partial charge in [0.15, 0.2) is 11.5 Å². The van der Waals surface area contributed by atoms with Gasteiger partial charge in [0.2, 0.25) is 5.91 Å². The number of thiophene rings is 1. The van der Waals surface area contributed by atoms with Crippen LogP contribution in [0, 0.1) is 6.92 Å². The van der Waals surface area contributed by atoms with Crippen LogP contribution in [0.15, 0.2) is 48.5 Å². The number of ether oxygens (including phenoxy) is 3. The van der Waals surface area contributed by atoms with Crippen LogP contribution in [0.3, 0.4) is 0 Å². The molecule has 8 heteroatoms. The number of halogens is 1. The Labute approximate surface area is 214 Å². The van der Waals surface area contributed by atoms with Crippen molar-refractivity contribution in [3.8, 4) is 22.6 Å². The summed E-state index contributed by atoms with van der Waals surface area (Å²) in [6.45, 7) is 8.69. The number of rotatable bonds is 10. The Morgan fingerprint density at radius 3 is 2.31 bits per heavy atom. The van der Waals surface area contributed by atoms with E-state index in [-0.39, 0.29) is 12.5 Å². The van der Waals surface area contributed by atoms with Gasteiger partial charge >= 0.3 is 5.97 Å². The van der Waals surface area contributed by atoms with Crippen LogP contribution < -0.4 is 14.8 Å². The molecule has 6 nitrogen and oxygen atoms in total. The number of carbonyl (C=O) groups is 2. The fraction of sp³-hybridized carbons (Fsp3) is 0.259. The summed E-state index contributed by atoms with van der Waals surface area (Å²) in [7, 11) is 0. The molecule has 35 heavy (non-hydrogen) atoms. The van der Waals surface area contributed by atoms with Gasteiger partial charge in [-0.15, -0.1) is 11.3 Å². The first-order chi connectivity index (χ1) is 16.9. The molecule has 1 heterocycles. The molecule has 1 N–H and O–H groups in total. The molecule has 3 rings (SSSR count). The van der Waals surface area contributed by atoms with E-state index in [1.807, 2.05) is 51.1 Å². The minimum atomic E-state index is -0.492. The van der Waals surface area contributed by atoms with E-state index in [1.54, 1.807) is 25.1 Å². The summed E-state index contributed by atoms with van der Waals surface area (Å²) in [4.78, 5) is 26.5. The normalized spacial score (nSPS) is 10.9. The molecule has 0 aliphatic carbocycles. The molecule has 2 aromatic carbocycles. The molecule has 1 amide bonds. The minimum Gasteiger partial charge on any atom is -0.490 e. The van der Waals surface area contributed by atoms with Crippen LogP contribution >= 0.6 is 22.9 Å². The monoisotopic (exact) mass is 513 g/mol. The molecule has 0 saturated carbocycles. The van der Waals surface area contributed by atoms with Gasteiger partial charge in [0.05, 0.1) is 19.8 Å². The predicted octanol–water partition coefficient (Wildman–Crippen LogP) is 7.00. The summed E-state index contributed by atoms with van der Waals surface area (Å²) < 4.78 is 16.5. The zero-order valence-corrected chi connectivity index (χ0v) is 21.7. The van der Waals surface area contributed by atoms with Gasteiger partial charge in [0, 0.05) is 21.5 Å². The number of carbonyl (C=O) groups excluding carboxylic acids is 2. The Morgan fingerprint density at radius 1 is 0.971 bits per heavy atom. The van der Waals surface area contributed by atoms with Gasteiger partial charge in [-0.1, -0.05) is 29.8 Å². The summed E-state index contributed by atoms with van der Waals surface area (Å²) in [6.07, 6.45) is 3.09. The van der Waals surface area contributed by atoms with E-state index in [9.17, 15) is 9.59 Å². The lowest BCUT2D eigenvalue weighted by molar-refractivity contribution is -0.111. The molecule has 0 aliphatic rings. The third-order valence-corrected chi connectivity index (χ3v) is 6.20. The van der Waals surface area contributed by atoms with Gasteiger partial charge in [-0.3, -0.25) is 4.79 Å². The number of esters is 1. The Hall–Kier alpha value is -3.29. The van der Waals surface area contributed by atoms with Gasteiger partial charge in [-0.25, -0.2) is 4.79 Å². The first-order valence-corrected chi connectivity index (χ1v) is 12.5. The van der Waals surface area contributed by atoms with E-state index in [2.05, 4.69) is 5.32 Å². The molecule has 0 radical (unpaired) electrons. The SMILES string of the molecule is CCOC(=O)c1c(NC(=O)C=Cc2ccc(OCC)c(OCC)c2)sc(C)c1-c1ccc(Cl)cc1. The number of aryl methyl sites for hydroxylation is 1. The van der Waals surface area contributed by atoms with E-state index < -0.39 is 5.97 Å². The van der Waals surface area contributed by atoms with Crippen LogP contribution in [0.5, 0.6) is 11.5 Å². The van der Waals surface area contributed by atoms with Gasteiger partial charge in [-0.2, -0.15) is 0 Å². The Balaban J connectivity index is 1.88. The molecule has 0 fully saturated rings. The summed E-state index contributed by atoms with van der Waals surface area (Å²) in [6, 6.07) is 12.7. The second kappa shape index (κ2) is 12.4. The van der Waals surface area contributed by atoms with E-state index in [1.165, 1.54) is 17.4 Å². The zero-order valence-electron chi connectivity index (χ0n) is 20.1. The lowest BCUT2D eigenvalue weighted by Gasteiger charge is -2.11. The van der Waals surface area contributed by atoms with Crippen molar-refractivity contribution in [2.45, 2.75) is 27.7 Å². The average molecular weight is 514 g/mol. The topological polar surface area (TPSA) is 73.9 Å². The van der Waals surface area contributed by atoms with E-state index in [0.29, 0.717) is 40.3 Å². The number of benzene rings is 2. The van der Waals surface area contributed by atoms with Crippen molar-refractivity contribution >= 4 is 45.9 Å². The van der Waals surface area contributed by atoms with Gasteiger partial charge < -0.3 is 19.5 Å². The third-order valence-electron chi connectivity index (χ3n) is 4.93. The summed E-state index contributed by atoms with van der Waals surface area (Å²) in [5.41, 5.74) is 2.65. The number of amides is 1. The molecule has 0 unspecified atom stereocenters. The van der Waals surface area contributed by atoms with Crippen LogP contribution in [0.2, 0.25) is 5.02 Å². The maximum atomic E-state index is 12.8. The highest BCUT2D eigenvalue weighted by molar-refractivity contribution is 7.17. The third kappa shape index (κ3) is 6.65. The molecule has 0 saturated heterocycles. The van der Waals surface area contributed by atoms with Crippen LogP contribution in [0.25, 0.3) is 17.2 Å². The van der Waals surface area contributed by atoms with Gasteiger partial charge in [0.1, 0.15) is 10.6 Å². The Morgan fingerprint density at radius 2 is 1.66 bits per heavy atom. The maximum Gasteiger partial charge on any atom is 0.341 e. The zero-order chi connectivity index (χ0) is 25.4. The lowest BCUT2D eigenvalue weighted by Crippen LogP contribution is -2.12. The fourth-order valence-electron chi connectivity index (χ4n) is 3.49. The first-order valence-electron chi connectivity index (χ1n) is 11.3. The standard InChI is InChI=1S/C27H28ClNO5S/c1-5-32-21-14-8-18(16-22(21)33-6-2)9-15-23(30)29-26-25(27(31)34-7-3)24(17(4)35-26)19-10-12-20(28)13-11-19/h8-16H,5-7H2,1-4H3,(H,29,30). The average Bonchev–Trinajstić information content (AvgIpc) is 3.15. The molecular weight excluding hydrogens is 486 g/mol. The Kier molecular flexibility index (Phi) is 9.34. The number of nitrogens with one attached hydrogen (secondary N) is 1. The Bertz CT molecular complexity index is 1220. The van der Waals surface area contributed by atoms with Crippen molar-refractivity contribution in [1.82, 2.24) is 0 Å². The summed E-state index contributed by atoms with van der Waals surface area (Å²) in [5, 5.41) is 3.87. The van der Waals surface area contributed by atoms with Crippen molar-refractivity contribution in [2.24, 2.45) is 0 Å². The maximum absolute atomic E-state index is 12.8. The fourth-order valence-corrected chi connectivity index (χ4v) is 4.68. The number of hydrogen-bond acceptors (Lipinski definition) is 6. The van der Waals surface area contributed by atoms with Crippen molar-refractivity contribution in [1.29, 1.82) is 0 Å². The quantitative estimate of drug-likeness (QED) is 0.233. The number of hydrogen-bond donors (Lipinski definition) is 1. The molecule has 0 spiro atoms. The second-order valence-electron chi connectivity index (χ2n) is 7.36. The van der Waals surface area contributed by atoms with Gasteiger partial charge in [0.25, 0.3) is 0 Å².